The van der Waals surface area contributed by atoms with E-state index < -0.39 is 4.92 Å². The van der Waals surface area contributed by atoms with E-state index >= 15 is 0 Å². The molecule has 0 N–H and O–H groups in total. The SMILES string of the molecule is Cc1ccnc(-c2ccc([N+](=O)[O-])cc2)n1. The lowest BCUT2D eigenvalue weighted by molar-refractivity contribution is -0.384. The standard InChI is InChI=1S/C11H9N3O2/c1-8-6-7-12-11(13-8)9-2-4-10(5-3-9)14(15)16/h2-7H,1H3. The van der Waals surface area contributed by atoms with E-state index in [1.54, 1.807) is 24.4 Å². The Balaban J connectivity index is 2.38. The number of hydrogen-bond donors (Lipinski definition) is 0. The lowest BCUT2D eigenvalue weighted by Crippen LogP contribution is -1.91. The zero-order chi connectivity index (χ0) is 11.5. The number of hydrogen-bond acceptors (Lipinski definition) is 4. The van der Waals surface area contributed by atoms with Gasteiger partial charge in [0.25, 0.3) is 5.69 Å². The third kappa shape index (κ3) is 2.03. The Bertz CT molecular complexity index is 523. The van der Waals surface area contributed by atoms with E-state index in [1.165, 1.54) is 12.1 Å². The number of nitrogens with zero attached hydrogens (tertiary/aromatic N) is 3. The van der Waals surface area contributed by atoms with Crippen LogP contribution < -0.4 is 0 Å². The minimum Gasteiger partial charge on any atom is -0.258 e. The minimum atomic E-state index is -0.430. The Hall–Kier alpha value is -2.30. The van der Waals surface area contributed by atoms with E-state index in [0.717, 1.165) is 11.3 Å². The second kappa shape index (κ2) is 4.06. The number of nitro benzene ring substituents is 1. The number of non-ortho nitro benzene ring substituents is 1. The molecule has 0 bridgehead atoms. The maximum absolute atomic E-state index is 10.5. The highest BCUT2D eigenvalue weighted by molar-refractivity contribution is 5.57. The average Bonchev–Trinajstić information content (AvgIpc) is 2.29. The molecule has 0 saturated heterocycles. The summed E-state index contributed by atoms with van der Waals surface area (Å²) in [6.45, 7) is 1.87. The highest BCUT2D eigenvalue weighted by atomic mass is 16.6. The molecule has 1 aromatic heterocycles. The van der Waals surface area contributed by atoms with Gasteiger partial charge in [0.1, 0.15) is 0 Å². The van der Waals surface area contributed by atoms with Gasteiger partial charge in [-0.2, -0.15) is 0 Å². The summed E-state index contributed by atoms with van der Waals surface area (Å²) in [5, 5.41) is 10.5. The number of benzene rings is 1. The van der Waals surface area contributed by atoms with Crippen molar-refractivity contribution in [1.29, 1.82) is 0 Å². The van der Waals surface area contributed by atoms with Crippen molar-refractivity contribution >= 4 is 5.69 Å². The first-order valence-electron chi connectivity index (χ1n) is 4.71. The van der Waals surface area contributed by atoms with Gasteiger partial charge >= 0.3 is 0 Å². The van der Waals surface area contributed by atoms with Gasteiger partial charge in [-0.3, -0.25) is 10.1 Å². The monoisotopic (exact) mass is 215 g/mol. The van der Waals surface area contributed by atoms with Crippen LogP contribution in [0.1, 0.15) is 5.69 Å². The van der Waals surface area contributed by atoms with Crippen LogP contribution in [0.2, 0.25) is 0 Å². The van der Waals surface area contributed by atoms with E-state index in [1.807, 2.05) is 6.92 Å². The predicted molar refractivity (Wildman–Crippen MR) is 58.9 cm³/mol. The zero-order valence-electron chi connectivity index (χ0n) is 8.62. The normalized spacial score (nSPS) is 10.1. The van der Waals surface area contributed by atoms with Gasteiger partial charge in [0.15, 0.2) is 5.82 Å². The second-order valence-electron chi connectivity index (χ2n) is 3.33. The molecule has 0 saturated carbocycles. The van der Waals surface area contributed by atoms with Crippen molar-refractivity contribution in [3.8, 4) is 11.4 Å². The lowest BCUT2D eigenvalue weighted by atomic mass is 10.2. The molecule has 0 aliphatic rings. The Morgan fingerprint density at radius 1 is 1.19 bits per heavy atom. The van der Waals surface area contributed by atoms with Crippen LogP contribution in [-0.4, -0.2) is 14.9 Å². The van der Waals surface area contributed by atoms with Gasteiger partial charge in [-0.1, -0.05) is 0 Å². The van der Waals surface area contributed by atoms with Gasteiger partial charge in [-0.25, -0.2) is 9.97 Å². The maximum Gasteiger partial charge on any atom is 0.269 e. The van der Waals surface area contributed by atoms with Crippen LogP contribution in [0.3, 0.4) is 0 Å². The Labute approximate surface area is 91.9 Å². The molecule has 16 heavy (non-hydrogen) atoms. The van der Waals surface area contributed by atoms with E-state index in [2.05, 4.69) is 9.97 Å². The second-order valence-corrected chi connectivity index (χ2v) is 3.33. The summed E-state index contributed by atoms with van der Waals surface area (Å²) >= 11 is 0. The van der Waals surface area contributed by atoms with Gasteiger partial charge in [0.2, 0.25) is 0 Å². The summed E-state index contributed by atoms with van der Waals surface area (Å²) in [6, 6.07) is 7.98. The fourth-order valence-electron chi connectivity index (χ4n) is 1.32. The molecule has 0 amide bonds. The molecular weight excluding hydrogens is 206 g/mol. The molecule has 0 aliphatic carbocycles. The number of aryl methyl sites for hydroxylation is 1. The van der Waals surface area contributed by atoms with Crippen molar-refractivity contribution in [2.24, 2.45) is 0 Å². The summed E-state index contributed by atoms with van der Waals surface area (Å²) in [5.41, 5.74) is 1.70. The van der Waals surface area contributed by atoms with E-state index in [0.29, 0.717) is 5.82 Å². The molecule has 0 unspecified atom stereocenters. The van der Waals surface area contributed by atoms with Gasteiger partial charge in [0.05, 0.1) is 4.92 Å². The number of rotatable bonds is 2. The number of aromatic nitrogens is 2. The average molecular weight is 215 g/mol. The molecule has 2 rings (SSSR count). The summed E-state index contributed by atoms with van der Waals surface area (Å²) in [4.78, 5) is 18.4. The molecular formula is C11H9N3O2. The summed E-state index contributed by atoms with van der Waals surface area (Å²) in [6.07, 6.45) is 1.67. The molecule has 5 heteroatoms. The van der Waals surface area contributed by atoms with Crippen LogP contribution in [0.5, 0.6) is 0 Å². The lowest BCUT2D eigenvalue weighted by Gasteiger charge is -2.00. The molecule has 5 nitrogen and oxygen atoms in total. The van der Waals surface area contributed by atoms with E-state index in [4.69, 9.17) is 0 Å². The topological polar surface area (TPSA) is 68.9 Å². The fourth-order valence-corrected chi connectivity index (χ4v) is 1.32. The molecule has 80 valence electrons. The van der Waals surface area contributed by atoms with Crippen LogP contribution in [-0.2, 0) is 0 Å². The smallest absolute Gasteiger partial charge is 0.258 e. The van der Waals surface area contributed by atoms with Crippen molar-refractivity contribution in [2.75, 3.05) is 0 Å². The van der Waals surface area contributed by atoms with Crippen molar-refractivity contribution in [2.45, 2.75) is 6.92 Å². The van der Waals surface area contributed by atoms with Crippen LogP contribution in [0.4, 0.5) is 5.69 Å². The molecule has 1 heterocycles. The highest BCUT2D eigenvalue weighted by Crippen LogP contribution is 2.18. The van der Waals surface area contributed by atoms with E-state index in [9.17, 15) is 10.1 Å². The molecule has 2 aromatic rings. The molecule has 1 aromatic carbocycles. The summed E-state index contributed by atoms with van der Waals surface area (Å²) in [7, 11) is 0. The summed E-state index contributed by atoms with van der Waals surface area (Å²) < 4.78 is 0. The van der Waals surface area contributed by atoms with Crippen molar-refractivity contribution in [3.05, 3.63) is 52.3 Å². The minimum absolute atomic E-state index is 0.0661. The van der Waals surface area contributed by atoms with Crippen LogP contribution in [0.15, 0.2) is 36.5 Å². The van der Waals surface area contributed by atoms with Gasteiger partial charge < -0.3 is 0 Å². The Morgan fingerprint density at radius 3 is 2.44 bits per heavy atom. The fraction of sp³-hybridized carbons (Fsp3) is 0.0909. The molecule has 0 aliphatic heterocycles. The highest BCUT2D eigenvalue weighted by Gasteiger charge is 2.06. The molecule has 0 atom stereocenters. The maximum atomic E-state index is 10.5. The molecule has 0 spiro atoms. The Kier molecular flexibility index (Phi) is 2.59. The van der Waals surface area contributed by atoms with Crippen LogP contribution >= 0.6 is 0 Å². The third-order valence-corrected chi connectivity index (χ3v) is 2.13. The molecule has 0 fully saturated rings. The van der Waals surface area contributed by atoms with Gasteiger partial charge in [-0.05, 0) is 25.1 Å². The third-order valence-electron chi connectivity index (χ3n) is 2.13. The van der Waals surface area contributed by atoms with Gasteiger partial charge in [-0.15, -0.1) is 0 Å². The number of nitro groups is 1. The van der Waals surface area contributed by atoms with Crippen molar-refractivity contribution in [1.82, 2.24) is 9.97 Å². The first kappa shape index (κ1) is 10.2. The first-order valence-corrected chi connectivity index (χ1v) is 4.71. The zero-order valence-corrected chi connectivity index (χ0v) is 8.62. The van der Waals surface area contributed by atoms with Crippen molar-refractivity contribution < 1.29 is 4.92 Å². The predicted octanol–water partition coefficient (Wildman–Crippen LogP) is 2.36. The molecule has 0 radical (unpaired) electrons. The largest absolute Gasteiger partial charge is 0.269 e. The summed E-state index contributed by atoms with van der Waals surface area (Å²) in [5.74, 6) is 0.579. The van der Waals surface area contributed by atoms with Crippen LogP contribution in [0, 0.1) is 17.0 Å². The van der Waals surface area contributed by atoms with Gasteiger partial charge in [0, 0.05) is 29.6 Å². The Morgan fingerprint density at radius 2 is 1.88 bits per heavy atom. The quantitative estimate of drug-likeness (QED) is 0.569. The first-order chi connectivity index (χ1) is 7.66. The van der Waals surface area contributed by atoms with E-state index in [-0.39, 0.29) is 5.69 Å². The van der Waals surface area contributed by atoms with Crippen LogP contribution in [0.25, 0.3) is 11.4 Å². The van der Waals surface area contributed by atoms with Crippen molar-refractivity contribution in [3.63, 3.8) is 0 Å².